The van der Waals surface area contributed by atoms with Gasteiger partial charge >= 0.3 is 12.0 Å². The number of esters is 1. The first-order valence-corrected chi connectivity index (χ1v) is 11.6. The number of ether oxygens (including phenoxy) is 1. The van der Waals surface area contributed by atoms with Crippen LogP contribution in [0.2, 0.25) is 0 Å². The average molecular weight is 453 g/mol. The second-order valence-electron chi connectivity index (χ2n) is 7.81. The smallest absolute Gasteiger partial charge is 0.338 e. The fraction of sp³-hybridized carbons (Fsp3) is 0.348. The van der Waals surface area contributed by atoms with Crippen LogP contribution in [0.5, 0.6) is 0 Å². The molecule has 4 heterocycles. The lowest BCUT2D eigenvalue weighted by atomic mass is 9.99. The zero-order valence-electron chi connectivity index (χ0n) is 17.7. The minimum atomic E-state index is -0.698. The molecule has 1 aromatic carbocycles. The Morgan fingerprint density at radius 3 is 2.97 bits per heavy atom. The summed E-state index contributed by atoms with van der Waals surface area (Å²) in [4.78, 5) is 32.5. The number of carbonyl (C=O) groups is 2. The number of hydrogen-bond acceptors (Lipinski definition) is 7. The highest BCUT2D eigenvalue weighted by atomic mass is 32.1. The van der Waals surface area contributed by atoms with Crippen molar-refractivity contribution >= 4 is 33.6 Å². The van der Waals surface area contributed by atoms with Crippen molar-refractivity contribution in [1.29, 1.82) is 0 Å². The molecule has 2 aliphatic rings. The summed E-state index contributed by atoms with van der Waals surface area (Å²) in [5.41, 5.74) is 1.91. The van der Waals surface area contributed by atoms with Crippen LogP contribution in [0.1, 0.15) is 42.6 Å². The van der Waals surface area contributed by atoms with Gasteiger partial charge in [-0.05, 0) is 50.6 Å². The second-order valence-corrected chi connectivity index (χ2v) is 8.87. The molecule has 1 saturated heterocycles. The van der Waals surface area contributed by atoms with Crippen molar-refractivity contribution < 1.29 is 18.7 Å². The molecule has 32 heavy (non-hydrogen) atoms. The van der Waals surface area contributed by atoms with E-state index in [4.69, 9.17) is 14.1 Å². The van der Waals surface area contributed by atoms with E-state index in [1.165, 1.54) is 6.26 Å². The van der Waals surface area contributed by atoms with Crippen molar-refractivity contribution in [2.24, 2.45) is 0 Å². The van der Waals surface area contributed by atoms with Gasteiger partial charge < -0.3 is 19.8 Å². The molecular formula is C23H24N4O4S. The molecule has 2 atom stereocenters. The van der Waals surface area contributed by atoms with Crippen LogP contribution in [0.3, 0.4) is 0 Å². The van der Waals surface area contributed by atoms with Crippen molar-refractivity contribution in [3.8, 4) is 0 Å². The maximum Gasteiger partial charge on any atom is 0.338 e. The van der Waals surface area contributed by atoms with E-state index in [2.05, 4.69) is 21.6 Å². The van der Waals surface area contributed by atoms with Gasteiger partial charge in [0.15, 0.2) is 0 Å². The molecule has 0 aliphatic carbocycles. The molecule has 5 rings (SSSR count). The van der Waals surface area contributed by atoms with Crippen molar-refractivity contribution in [2.45, 2.75) is 31.8 Å². The van der Waals surface area contributed by atoms with Gasteiger partial charge in [0.05, 0.1) is 34.7 Å². The molecule has 0 spiro atoms. The summed E-state index contributed by atoms with van der Waals surface area (Å²) in [6.45, 7) is 3.28. The van der Waals surface area contributed by atoms with Gasteiger partial charge in [0.1, 0.15) is 16.8 Å². The lowest BCUT2D eigenvalue weighted by Gasteiger charge is -2.31. The molecule has 3 aromatic rings. The highest BCUT2D eigenvalue weighted by Crippen LogP contribution is 2.37. The monoisotopic (exact) mass is 452 g/mol. The van der Waals surface area contributed by atoms with Crippen LogP contribution >= 0.6 is 11.3 Å². The summed E-state index contributed by atoms with van der Waals surface area (Å²) in [6, 6.07) is 10.7. The largest absolute Gasteiger partial charge is 0.467 e. The van der Waals surface area contributed by atoms with Crippen LogP contribution in [0.15, 0.2) is 58.3 Å². The minimum Gasteiger partial charge on any atom is -0.467 e. The number of amides is 2. The van der Waals surface area contributed by atoms with Gasteiger partial charge in [-0.2, -0.15) is 0 Å². The summed E-state index contributed by atoms with van der Waals surface area (Å²) >= 11 is 1.70. The van der Waals surface area contributed by atoms with Crippen LogP contribution in [-0.2, 0) is 9.53 Å². The maximum absolute atomic E-state index is 12.9. The fourth-order valence-corrected chi connectivity index (χ4v) is 5.53. The van der Waals surface area contributed by atoms with Crippen molar-refractivity contribution in [3.63, 3.8) is 0 Å². The predicted octanol–water partition coefficient (Wildman–Crippen LogP) is 3.90. The molecule has 1 fully saturated rings. The molecule has 0 bridgehead atoms. The Morgan fingerprint density at radius 2 is 2.19 bits per heavy atom. The SMILES string of the molecule is CCOC(=O)C1=C(CN2CCC[C@H]2c2nc3ccccc3s2)NC(=O)N[C@H]1c1ccco1. The average Bonchev–Trinajstić information content (AvgIpc) is 3.53. The van der Waals surface area contributed by atoms with Gasteiger partial charge in [-0.25, -0.2) is 14.6 Å². The maximum atomic E-state index is 12.9. The van der Waals surface area contributed by atoms with Gasteiger partial charge in [0.25, 0.3) is 0 Å². The fourth-order valence-electron chi connectivity index (χ4n) is 4.39. The van der Waals surface area contributed by atoms with Crippen LogP contribution in [0, 0.1) is 0 Å². The normalized spacial score (nSPS) is 21.6. The van der Waals surface area contributed by atoms with Crippen LogP contribution < -0.4 is 10.6 Å². The highest BCUT2D eigenvalue weighted by molar-refractivity contribution is 7.18. The van der Waals surface area contributed by atoms with Crippen LogP contribution in [-0.4, -0.2) is 41.6 Å². The molecule has 2 aliphatic heterocycles. The summed E-state index contributed by atoms with van der Waals surface area (Å²) in [6.07, 6.45) is 3.53. The number of furan rings is 1. The summed E-state index contributed by atoms with van der Waals surface area (Å²) in [5, 5.41) is 6.70. The lowest BCUT2D eigenvalue weighted by Crippen LogP contribution is -2.48. The van der Waals surface area contributed by atoms with E-state index in [0.29, 0.717) is 23.6 Å². The number of thiazole rings is 1. The van der Waals surface area contributed by atoms with Crippen molar-refractivity contribution in [3.05, 3.63) is 64.7 Å². The van der Waals surface area contributed by atoms with Gasteiger partial charge in [0, 0.05) is 12.2 Å². The quantitative estimate of drug-likeness (QED) is 0.551. The third kappa shape index (κ3) is 3.89. The number of nitrogens with zero attached hydrogens (tertiary/aromatic N) is 2. The molecule has 166 valence electrons. The molecule has 0 unspecified atom stereocenters. The van der Waals surface area contributed by atoms with Crippen molar-refractivity contribution in [1.82, 2.24) is 20.5 Å². The number of hydrogen-bond donors (Lipinski definition) is 2. The zero-order valence-corrected chi connectivity index (χ0v) is 18.5. The number of likely N-dealkylation sites (tertiary alicyclic amines) is 1. The first-order chi connectivity index (χ1) is 15.6. The Bertz CT molecular complexity index is 1140. The molecular weight excluding hydrogens is 428 g/mol. The Hall–Kier alpha value is -3.17. The number of urea groups is 1. The number of carbonyl (C=O) groups excluding carboxylic acids is 2. The van der Waals surface area contributed by atoms with Gasteiger partial charge in [-0.3, -0.25) is 4.90 Å². The predicted molar refractivity (Wildman–Crippen MR) is 120 cm³/mol. The molecule has 8 nitrogen and oxygen atoms in total. The lowest BCUT2D eigenvalue weighted by molar-refractivity contribution is -0.139. The van der Waals surface area contributed by atoms with E-state index in [1.54, 1.807) is 30.4 Å². The molecule has 0 saturated carbocycles. The Morgan fingerprint density at radius 1 is 1.31 bits per heavy atom. The standard InChI is InChI=1S/C23H24N4O4S/c1-2-30-22(28)19-15(25-23(29)26-20(19)17-9-6-12-31-17)13-27-11-5-8-16(27)21-24-14-7-3-4-10-18(14)32-21/h3-4,6-7,9-10,12,16,20H,2,5,8,11,13H2,1H3,(H2,25,26,29)/t16-,20-/m0/s1. The highest BCUT2D eigenvalue weighted by Gasteiger charge is 2.37. The van der Waals surface area contributed by atoms with E-state index in [9.17, 15) is 9.59 Å². The van der Waals surface area contributed by atoms with Gasteiger partial charge in [-0.15, -0.1) is 11.3 Å². The number of rotatable bonds is 6. The van der Waals surface area contributed by atoms with E-state index < -0.39 is 12.0 Å². The van der Waals surface area contributed by atoms with Gasteiger partial charge in [-0.1, -0.05) is 12.1 Å². The zero-order chi connectivity index (χ0) is 22.1. The number of fused-ring (bicyclic) bond motifs is 1. The van der Waals surface area contributed by atoms with Gasteiger partial charge in [0.2, 0.25) is 0 Å². The van der Waals surface area contributed by atoms with Crippen LogP contribution in [0.4, 0.5) is 4.79 Å². The first kappa shape index (κ1) is 20.7. The first-order valence-electron chi connectivity index (χ1n) is 10.7. The molecule has 9 heteroatoms. The molecule has 2 aromatic heterocycles. The van der Waals surface area contributed by atoms with E-state index in [-0.39, 0.29) is 18.7 Å². The van der Waals surface area contributed by atoms with Crippen LogP contribution in [0.25, 0.3) is 10.2 Å². The molecule has 2 amide bonds. The van der Waals surface area contributed by atoms with E-state index in [0.717, 1.165) is 34.6 Å². The summed E-state index contributed by atoms with van der Waals surface area (Å²) in [7, 11) is 0. The molecule has 2 N–H and O–H groups in total. The second kappa shape index (κ2) is 8.76. The summed E-state index contributed by atoms with van der Waals surface area (Å²) in [5.74, 6) is 0.0247. The Labute approximate surface area is 189 Å². The van der Waals surface area contributed by atoms with E-state index in [1.807, 2.05) is 18.2 Å². The third-order valence-corrected chi connectivity index (χ3v) is 6.93. The topological polar surface area (TPSA) is 96.7 Å². The summed E-state index contributed by atoms with van der Waals surface area (Å²) < 4.78 is 12.0. The third-order valence-electron chi connectivity index (χ3n) is 5.80. The number of aromatic nitrogens is 1. The molecule has 0 radical (unpaired) electrons. The Kier molecular flexibility index (Phi) is 5.67. The van der Waals surface area contributed by atoms with E-state index >= 15 is 0 Å². The van der Waals surface area contributed by atoms with Crippen molar-refractivity contribution in [2.75, 3.05) is 19.7 Å². The minimum absolute atomic E-state index is 0.136. The Balaban J connectivity index is 1.49. The number of nitrogens with one attached hydrogen (secondary N) is 2. The number of para-hydroxylation sites is 1. The number of benzene rings is 1.